The molecule has 0 aliphatic carbocycles. The fourth-order valence-corrected chi connectivity index (χ4v) is 3.75. The van der Waals surface area contributed by atoms with Crippen molar-refractivity contribution < 1.29 is 23.1 Å². The first-order valence-corrected chi connectivity index (χ1v) is 10.3. The van der Waals surface area contributed by atoms with E-state index >= 15 is 0 Å². The zero-order valence-electron chi connectivity index (χ0n) is 18.0. The second kappa shape index (κ2) is 9.19. The van der Waals surface area contributed by atoms with E-state index in [1.54, 1.807) is 18.5 Å². The van der Waals surface area contributed by atoms with Crippen LogP contribution < -0.4 is 10.2 Å². The highest BCUT2D eigenvalue weighted by molar-refractivity contribution is 5.96. The van der Waals surface area contributed by atoms with E-state index in [2.05, 4.69) is 15.4 Å². The monoisotopic (exact) mass is 453 g/mol. The van der Waals surface area contributed by atoms with Crippen molar-refractivity contribution in [2.45, 2.75) is 19.9 Å². The number of anilines is 2. The molecule has 1 amide bonds. The van der Waals surface area contributed by atoms with E-state index < -0.39 is 29.6 Å². The van der Waals surface area contributed by atoms with Crippen LogP contribution >= 0.6 is 0 Å². The molecule has 1 aromatic heterocycles. The molecule has 0 fully saturated rings. The summed E-state index contributed by atoms with van der Waals surface area (Å²) < 4.78 is 33.6. The largest absolute Gasteiger partial charge is 0.463 e. The molecule has 0 unspecified atom stereocenters. The summed E-state index contributed by atoms with van der Waals surface area (Å²) in [4.78, 5) is 31.5. The Morgan fingerprint density at radius 2 is 1.88 bits per heavy atom. The van der Waals surface area contributed by atoms with E-state index in [1.165, 1.54) is 17.3 Å². The average molecular weight is 453 g/mol. The summed E-state index contributed by atoms with van der Waals surface area (Å²) in [6.07, 6.45) is 1.34. The van der Waals surface area contributed by atoms with E-state index in [-0.39, 0.29) is 18.8 Å². The van der Waals surface area contributed by atoms with Gasteiger partial charge in [-0.3, -0.25) is 4.79 Å². The van der Waals surface area contributed by atoms with Crippen LogP contribution in [0.4, 0.5) is 20.4 Å². The number of allylic oxidation sites excluding steroid dienone is 1. The van der Waals surface area contributed by atoms with Gasteiger partial charge in [-0.2, -0.15) is 10.1 Å². The van der Waals surface area contributed by atoms with Crippen LogP contribution in [0.5, 0.6) is 0 Å². The number of benzene rings is 2. The van der Waals surface area contributed by atoms with Crippen LogP contribution in [0, 0.1) is 11.6 Å². The van der Waals surface area contributed by atoms with Gasteiger partial charge in [-0.1, -0.05) is 30.3 Å². The number of esters is 1. The molecular formula is C23H21F2N5O3. The smallest absolute Gasteiger partial charge is 0.338 e. The number of hydrogen-bond acceptors (Lipinski definition) is 6. The molecule has 0 saturated carbocycles. The second-order valence-electron chi connectivity index (χ2n) is 7.30. The molecule has 3 aromatic rings. The number of hydrogen-bond donors (Lipinski definition) is 1. The average Bonchev–Trinajstić information content (AvgIpc) is 3.28. The third-order valence-electron chi connectivity index (χ3n) is 5.22. The first kappa shape index (κ1) is 22.1. The SMILES string of the molecule is CCOC(=O)C1=C(C)N(CC(=O)Nc2ccc(F)c(F)c2)c2ncnn2[C@@H]1c1ccccc1. The number of fused-ring (bicyclic) bond motifs is 1. The maximum absolute atomic E-state index is 13.5. The topological polar surface area (TPSA) is 89.3 Å². The number of carbonyl (C=O) groups is 2. The summed E-state index contributed by atoms with van der Waals surface area (Å²) in [6.45, 7) is 3.35. The first-order valence-electron chi connectivity index (χ1n) is 10.3. The van der Waals surface area contributed by atoms with E-state index in [9.17, 15) is 18.4 Å². The molecule has 2 aromatic carbocycles. The zero-order valence-corrected chi connectivity index (χ0v) is 18.0. The maximum Gasteiger partial charge on any atom is 0.338 e. The molecule has 0 spiro atoms. The third-order valence-corrected chi connectivity index (χ3v) is 5.22. The number of amides is 1. The Morgan fingerprint density at radius 3 is 2.58 bits per heavy atom. The normalized spacial score (nSPS) is 15.3. The van der Waals surface area contributed by atoms with E-state index in [1.807, 2.05) is 30.3 Å². The molecule has 0 saturated heterocycles. The maximum atomic E-state index is 13.5. The van der Waals surface area contributed by atoms with Crippen LogP contribution in [0.3, 0.4) is 0 Å². The van der Waals surface area contributed by atoms with Crippen molar-refractivity contribution in [3.05, 3.63) is 83.3 Å². The second-order valence-corrected chi connectivity index (χ2v) is 7.30. The van der Waals surface area contributed by atoms with Crippen LogP contribution in [0.15, 0.2) is 66.1 Å². The van der Waals surface area contributed by atoms with Gasteiger partial charge < -0.3 is 15.0 Å². The molecule has 0 bridgehead atoms. The van der Waals surface area contributed by atoms with Gasteiger partial charge in [-0.05, 0) is 31.5 Å². The Bertz CT molecular complexity index is 1230. The van der Waals surface area contributed by atoms with Gasteiger partial charge in [0, 0.05) is 17.5 Å². The summed E-state index contributed by atoms with van der Waals surface area (Å²) in [5.41, 5.74) is 1.70. The van der Waals surface area contributed by atoms with Gasteiger partial charge in [0.2, 0.25) is 11.9 Å². The Kier molecular flexibility index (Phi) is 6.16. The molecule has 33 heavy (non-hydrogen) atoms. The van der Waals surface area contributed by atoms with Gasteiger partial charge in [0.05, 0.1) is 12.2 Å². The minimum atomic E-state index is -1.07. The Hall–Kier alpha value is -4.08. The molecule has 10 heteroatoms. The molecule has 1 atom stereocenters. The van der Waals surface area contributed by atoms with Crippen molar-refractivity contribution in [3.63, 3.8) is 0 Å². The van der Waals surface area contributed by atoms with Crippen molar-refractivity contribution in [1.82, 2.24) is 14.8 Å². The van der Waals surface area contributed by atoms with Crippen molar-refractivity contribution in [3.8, 4) is 0 Å². The standard InChI is InChI=1S/C23H21F2N5O3/c1-3-33-22(32)20-14(2)29(12-19(31)28-16-9-10-17(24)18(25)11-16)23-26-13-27-30(23)21(20)15-7-5-4-6-8-15/h4-11,13,21H,3,12H2,1-2H3,(H,28,31)/t21-/m1/s1. The van der Waals surface area contributed by atoms with Gasteiger partial charge >= 0.3 is 5.97 Å². The predicted molar refractivity (Wildman–Crippen MR) is 116 cm³/mol. The number of carbonyl (C=O) groups excluding carboxylic acids is 2. The lowest BCUT2D eigenvalue weighted by Gasteiger charge is -2.35. The minimum Gasteiger partial charge on any atom is -0.463 e. The lowest BCUT2D eigenvalue weighted by atomic mass is 9.95. The molecule has 0 radical (unpaired) electrons. The highest BCUT2D eigenvalue weighted by atomic mass is 19.2. The van der Waals surface area contributed by atoms with E-state index in [4.69, 9.17) is 4.74 Å². The van der Waals surface area contributed by atoms with Gasteiger partial charge in [-0.15, -0.1) is 0 Å². The van der Waals surface area contributed by atoms with Gasteiger partial charge in [0.1, 0.15) is 18.9 Å². The summed E-state index contributed by atoms with van der Waals surface area (Å²) in [7, 11) is 0. The number of nitrogens with zero attached hydrogens (tertiary/aromatic N) is 4. The molecule has 2 heterocycles. The van der Waals surface area contributed by atoms with Crippen LogP contribution in [-0.2, 0) is 14.3 Å². The zero-order chi connectivity index (χ0) is 23.5. The highest BCUT2D eigenvalue weighted by Gasteiger charge is 2.38. The lowest BCUT2D eigenvalue weighted by Crippen LogP contribution is -2.40. The number of ether oxygens (including phenoxy) is 1. The van der Waals surface area contributed by atoms with Crippen LogP contribution in [-0.4, -0.2) is 39.8 Å². The van der Waals surface area contributed by atoms with Crippen molar-refractivity contribution >= 4 is 23.5 Å². The molecule has 1 aliphatic heterocycles. The van der Waals surface area contributed by atoms with E-state index in [0.717, 1.165) is 17.7 Å². The predicted octanol–water partition coefficient (Wildman–Crippen LogP) is 3.44. The summed E-state index contributed by atoms with van der Waals surface area (Å²) >= 11 is 0. The summed E-state index contributed by atoms with van der Waals surface area (Å²) in [5.74, 6) is -2.78. The van der Waals surface area contributed by atoms with Crippen molar-refractivity contribution in [2.24, 2.45) is 0 Å². The Morgan fingerprint density at radius 1 is 1.12 bits per heavy atom. The molecule has 4 rings (SSSR count). The molecular weight excluding hydrogens is 432 g/mol. The van der Waals surface area contributed by atoms with Crippen LogP contribution in [0.25, 0.3) is 0 Å². The number of rotatable bonds is 6. The summed E-state index contributed by atoms with van der Waals surface area (Å²) in [6, 6.07) is 11.8. The number of aromatic nitrogens is 3. The van der Waals surface area contributed by atoms with Gasteiger partial charge in [0.15, 0.2) is 11.6 Å². The lowest BCUT2D eigenvalue weighted by molar-refractivity contribution is -0.139. The molecule has 1 aliphatic rings. The van der Waals surface area contributed by atoms with Gasteiger partial charge in [0.25, 0.3) is 0 Å². The fourth-order valence-electron chi connectivity index (χ4n) is 3.75. The number of nitrogens with one attached hydrogen (secondary N) is 1. The van der Waals surface area contributed by atoms with Crippen LogP contribution in [0.1, 0.15) is 25.5 Å². The van der Waals surface area contributed by atoms with Crippen molar-refractivity contribution in [2.75, 3.05) is 23.4 Å². The molecule has 8 nitrogen and oxygen atoms in total. The first-order chi connectivity index (χ1) is 15.9. The Balaban J connectivity index is 1.70. The van der Waals surface area contributed by atoms with E-state index in [0.29, 0.717) is 17.2 Å². The van der Waals surface area contributed by atoms with Crippen molar-refractivity contribution in [1.29, 1.82) is 0 Å². The third kappa shape index (κ3) is 4.32. The minimum absolute atomic E-state index is 0.104. The highest BCUT2D eigenvalue weighted by Crippen LogP contribution is 2.38. The fraction of sp³-hybridized carbons (Fsp3) is 0.217. The Labute approximate surface area is 188 Å². The van der Waals surface area contributed by atoms with Crippen LogP contribution in [0.2, 0.25) is 0 Å². The quantitative estimate of drug-likeness (QED) is 0.575. The van der Waals surface area contributed by atoms with Gasteiger partial charge in [-0.25, -0.2) is 18.3 Å². The summed E-state index contributed by atoms with van der Waals surface area (Å²) in [5, 5.41) is 6.83. The molecule has 170 valence electrons. The number of halogens is 2. The molecule has 1 N–H and O–H groups in total.